The summed E-state index contributed by atoms with van der Waals surface area (Å²) in [6.07, 6.45) is 8.40. The number of nitrogen functional groups attached to an aromatic ring is 4. The Morgan fingerprint density at radius 1 is 0.745 bits per heavy atom. The Morgan fingerprint density at radius 3 is 1.55 bits per heavy atom. The van der Waals surface area contributed by atoms with Gasteiger partial charge in [-0.2, -0.15) is 9.97 Å². The molecule has 0 spiro atoms. The van der Waals surface area contributed by atoms with Crippen LogP contribution in [0.25, 0.3) is 0 Å². The molecule has 0 aliphatic rings. The second kappa shape index (κ2) is 19.7. The Kier molecular flexibility index (Phi) is 16.5. The Balaban J connectivity index is 0.000000299. The lowest BCUT2D eigenvalue weighted by Crippen LogP contribution is -2.17. The highest BCUT2D eigenvalue weighted by molar-refractivity contribution is 7.99. The van der Waals surface area contributed by atoms with Crippen LogP contribution in [0.2, 0.25) is 25.7 Å². The number of benzene rings is 2. The van der Waals surface area contributed by atoms with E-state index >= 15 is 0 Å². The van der Waals surface area contributed by atoms with E-state index in [1.54, 1.807) is 45.3 Å². The van der Waals surface area contributed by atoms with Crippen LogP contribution in [0.4, 0.5) is 23.5 Å². The number of hydrogen-bond acceptors (Lipinski definition) is 12. The maximum atomic E-state index is 5.94. The van der Waals surface area contributed by atoms with Crippen LogP contribution in [0.15, 0.2) is 56.2 Å². The number of terminal acetylenes is 1. The van der Waals surface area contributed by atoms with Crippen LogP contribution in [0.5, 0.6) is 11.5 Å². The molecule has 51 heavy (non-hydrogen) atoms. The topological polar surface area (TPSA) is 174 Å². The van der Waals surface area contributed by atoms with Crippen LogP contribution in [-0.4, -0.2) is 42.2 Å². The quantitative estimate of drug-likeness (QED) is 0.0952. The predicted octanol–water partition coefficient (Wildman–Crippen LogP) is 8.49. The largest absolute Gasteiger partial charge is 0.496 e. The molecule has 0 atom stereocenters. The average molecular weight is 745 g/mol. The van der Waals surface area contributed by atoms with Crippen LogP contribution >= 0.6 is 23.5 Å². The lowest BCUT2D eigenvalue weighted by atomic mass is 10.0. The van der Waals surface area contributed by atoms with Gasteiger partial charge in [0, 0.05) is 28.2 Å². The first-order valence-corrected chi connectivity index (χ1v) is 21.7. The fraction of sp³-hybridized carbons (Fsp3) is 0.368. The van der Waals surface area contributed by atoms with Gasteiger partial charge >= 0.3 is 0 Å². The lowest BCUT2D eigenvalue weighted by Gasteiger charge is -2.16. The van der Waals surface area contributed by atoms with E-state index in [9.17, 15) is 0 Å². The molecule has 2 aromatic heterocycles. The molecular formula is C38H52N8O2S2Si. The molecule has 0 radical (unpaired) electrons. The molecule has 13 heteroatoms. The summed E-state index contributed by atoms with van der Waals surface area (Å²) in [5.41, 5.74) is 27.2. The fourth-order valence-corrected chi connectivity index (χ4v) is 7.29. The number of rotatable bonds is 9. The molecule has 2 heterocycles. The Morgan fingerprint density at radius 2 is 1.20 bits per heavy atom. The highest BCUT2D eigenvalue weighted by Crippen LogP contribution is 2.40. The van der Waals surface area contributed by atoms with Crippen molar-refractivity contribution in [2.75, 3.05) is 37.2 Å². The van der Waals surface area contributed by atoms with Gasteiger partial charge in [-0.3, -0.25) is 0 Å². The van der Waals surface area contributed by atoms with Crippen LogP contribution in [0.3, 0.4) is 0 Å². The number of methoxy groups -OCH3 is 2. The fourth-order valence-electron chi connectivity index (χ4n) is 4.45. The third-order valence-corrected chi connectivity index (χ3v) is 10.5. The smallest absolute Gasteiger partial charge is 0.221 e. The number of nitrogens with zero attached hydrogens (tertiary/aromatic N) is 4. The number of ether oxygens (including phenoxy) is 2. The highest BCUT2D eigenvalue weighted by Gasteiger charge is 2.16. The van der Waals surface area contributed by atoms with Crippen molar-refractivity contribution in [1.29, 1.82) is 0 Å². The summed E-state index contributed by atoms with van der Waals surface area (Å²) in [6.45, 7) is 19.2. The SMILES string of the molecule is C#CC[Si](C)(C)C.CC#Cc1cc(Sc2cnc(N)nc2N)c(C(C)C)cc1OC.COc1cc(C(C)C)c(Sc2cnc(N)nc2N)cc1C. The zero-order chi connectivity index (χ0) is 38.5. The summed E-state index contributed by atoms with van der Waals surface area (Å²) in [5.74, 6) is 12.1. The molecule has 0 unspecified atom stereocenters. The summed E-state index contributed by atoms with van der Waals surface area (Å²) in [5, 5.41) is 0. The standard InChI is InChI=1S/C17H20N4OS.C15H20N4OS.C6H12Si/c1-5-6-11-7-14(12(10(2)3)8-13(11)22-4)23-15-9-20-17(19)21-16(15)18;1-8(2)10-6-11(20-4)9(3)5-12(10)21-13-7-18-15(17)19-14(13)16;1-5-6-7(2,3)4/h7-10H,1-4H3,(H4,18,19,20,21);5-8H,1-4H3,(H4,16,17,18,19);1H,6H2,2-4H3. The molecule has 0 saturated carbocycles. The Bertz CT molecular complexity index is 1890. The number of nitrogens with two attached hydrogens (primary N) is 4. The van der Waals surface area contributed by atoms with Gasteiger partial charge in [-0.05, 0) is 66.6 Å². The van der Waals surface area contributed by atoms with Gasteiger partial charge in [0.2, 0.25) is 11.9 Å². The van der Waals surface area contributed by atoms with Gasteiger partial charge in [-0.25, -0.2) is 9.97 Å². The first-order chi connectivity index (χ1) is 23.9. The number of anilines is 4. The van der Waals surface area contributed by atoms with Gasteiger partial charge in [0.05, 0.1) is 37.6 Å². The minimum absolute atomic E-state index is 0.170. The predicted molar refractivity (Wildman–Crippen MR) is 218 cm³/mol. The van der Waals surface area contributed by atoms with Gasteiger partial charge in [0.25, 0.3) is 0 Å². The van der Waals surface area contributed by atoms with Gasteiger partial charge < -0.3 is 32.4 Å². The zero-order valence-electron chi connectivity index (χ0n) is 31.6. The van der Waals surface area contributed by atoms with E-state index in [2.05, 4.69) is 97.2 Å². The molecule has 10 nitrogen and oxygen atoms in total. The van der Waals surface area contributed by atoms with Crippen LogP contribution in [0, 0.1) is 31.1 Å². The molecule has 0 aliphatic carbocycles. The average Bonchev–Trinajstić information content (AvgIpc) is 3.04. The van der Waals surface area contributed by atoms with Gasteiger partial charge in [-0.1, -0.05) is 76.8 Å². The van der Waals surface area contributed by atoms with E-state index in [0.29, 0.717) is 23.5 Å². The minimum Gasteiger partial charge on any atom is -0.496 e. The number of hydrogen-bond donors (Lipinski definition) is 4. The first-order valence-electron chi connectivity index (χ1n) is 16.3. The van der Waals surface area contributed by atoms with E-state index < -0.39 is 8.07 Å². The Hall–Kier alpha value is -4.56. The molecule has 0 bridgehead atoms. The normalized spacial score (nSPS) is 10.6. The summed E-state index contributed by atoms with van der Waals surface area (Å²) in [7, 11) is 2.44. The zero-order valence-corrected chi connectivity index (χ0v) is 34.3. The molecule has 2 aromatic carbocycles. The van der Waals surface area contributed by atoms with E-state index in [1.807, 2.05) is 19.1 Å². The van der Waals surface area contributed by atoms with E-state index in [4.69, 9.17) is 38.8 Å². The molecule has 0 amide bonds. The van der Waals surface area contributed by atoms with Crippen molar-refractivity contribution in [3.63, 3.8) is 0 Å². The van der Waals surface area contributed by atoms with E-state index in [-0.39, 0.29) is 11.9 Å². The van der Waals surface area contributed by atoms with Crippen molar-refractivity contribution < 1.29 is 9.47 Å². The second-order valence-corrected chi connectivity index (χ2v) is 20.9. The van der Waals surface area contributed by atoms with Crippen molar-refractivity contribution in [2.45, 2.75) is 98.6 Å². The van der Waals surface area contributed by atoms with Crippen molar-refractivity contribution in [2.24, 2.45) is 0 Å². The Labute approximate surface area is 313 Å². The maximum absolute atomic E-state index is 5.94. The van der Waals surface area contributed by atoms with Crippen molar-refractivity contribution in [3.05, 3.63) is 58.9 Å². The number of aromatic nitrogens is 4. The van der Waals surface area contributed by atoms with Gasteiger partial charge in [0.1, 0.15) is 23.1 Å². The molecule has 272 valence electrons. The minimum atomic E-state index is -0.893. The number of aryl methyl sites for hydroxylation is 1. The van der Waals surface area contributed by atoms with Crippen molar-refractivity contribution >= 4 is 55.1 Å². The van der Waals surface area contributed by atoms with E-state index in [1.165, 1.54) is 17.3 Å². The second-order valence-electron chi connectivity index (χ2n) is 13.2. The van der Waals surface area contributed by atoms with E-state index in [0.717, 1.165) is 53.8 Å². The van der Waals surface area contributed by atoms with Crippen LogP contribution < -0.4 is 32.4 Å². The monoisotopic (exact) mass is 744 g/mol. The van der Waals surface area contributed by atoms with Gasteiger partial charge in [-0.15, -0.1) is 18.3 Å². The summed E-state index contributed by atoms with van der Waals surface area (Å²) in [6, 6.07) is 9.24. The molecule has 0 aliphatic heterocycles. The van der Waals surface area contributed by atoms with Crippen LogP contribution in [-0.2, 0) is 0 Å². The lowest BCUT2D eigenvalue weighted by molar-refractivity contribution is 0.410. The van der Waals surface area contributed by atoms with Gasteiger partial charge in [0.15, 0.2) is 0 Å². The summed E-state index contributed by atoms with van der Waals surface area (Å²) < 4.78 is 10.9. The third-order valence-electron chi connectivity index (χ3n) is 7.04. The molecule has 0 fully saturated rings. The molecule has 4 rings (SSSR count). The highest BCUT2D eigenvalue weighted by atomic mass is 32.2. The molecular weight excluding hydrogens is 693 g/mol. The molecule has 0 saturated heterocycles. The van der Waals surface area contributed by atoms with Crippen LogP contribution in [0.1, 0.15) is 68.7 Å². The summed E-state index contributed by atoms with van der Waals surface area (Å²) in [4.78, 5) is 19.8. The van der Waals surface area contributed by atoms with Crippen molar-refractivity contribution in [3.8, 4) is 35.7 Å². The summed E-state index contributed by atoms with van der Waals surface area (Å²) >= 11 is 3.06. The first kappa shape index (κ1) is 42.6. The molecule has 8 N–H and O–H groups in total. The maximum Gasteiger partial charge on any atom is 0.221 e. The van der Waals surface area contributed by atoms with Crippen molar-refractivity contribution in [1.82, 2.24) is 19.9 Å². The third kappa shape index (κ3) is 13.2. The molecule has 4 aromatic rings.